The van der Waals surface area contributed by atoms with Gasteiger partial charge in [-0.1, -0.05) is 103 Å². The van der Waals surface area contributed by atoms with Gasteiger partial charge in [0.15, 0.2) is 0 Å². The first-order chi connectivity index (χ1) is 24.1. The van der Waals surface area contributed by atoms with Crippen LogP contribution in [0, 0.1) is 13.8 Å². The van der Waals surface area contributed by atoms with Gasteiger partial charge in [-0.25, -0.2) is 8.42 Å². The fourth-order valence-corrected chi connectivity index (χ4v) is 6.90. The van der Waals surface area contributed by atoms with E-state index in [0.717, 1.165) is 33.0 Å². The van der Waals surface area contributed by atoms with Gasteiger partial charge in [-0.2, -0.15) is 0 Å². The first-order valence-corrected chi connectivity index (χ1v) is 18.2. The van der Waals surface area contributed by atoms with Crippen molar-refractivity contribution in [1.29, 1.82) is 0 Å². The summed E-state index contributed by atoms with van der Waals surface area (Å²) in [7, 11) is -4.22. The van der Waals surface area contributed by atoms with Crippen LogP contribution < -0.4 is 14.4 Å². The molecule has 0 spiro atoms. The van der Waals surface area contributed by atoms with Gasteiger partial charge >= 0.3 is 0 Å². The molecule has 258 valence electrons. The number of aryl methyl sites for hydroxylation is 2. The quantitative estimate of drug-likeness (QED) is 0.123. The van der Waals surface area contributed by atoms with Crippen molar-refractivity contribution in [2.75, 3.05) is 17.4 Å². The van der Waals surface area contributed by atoms with Crippen molar-refractivity contribution in [2.24, 2.45) is 0 Å². The second kappa shape index (κ2) is 16.8. The summed E-state index contributed by atoms with van der Waals surface area (Å²) in [5, 5.41) is 2.98. The average Bonchev–Trinajstić information content (AvgIpc) is 3.13. The number of hydrogen-bond acceptors (Lipinski definition) is 5. The van der Waals surface area contributed by atoms with Crippen LogP contribution >= 0.6 is 0 Å². The third-order valence-electron chi connectivity index (χ3n) is 8.29. The molecule has 5 rings (SSSR count). The third-order valence-corrected chi connectivity index (χ3v) is 10.1. The second-order valence-corrected chi connectivity index (χ2v) is 14.1. The Labute approximate surface area is 295 Å². The Morgan fingerprint density at radius 1 is 0.700 bits per heavy atom. The molecule has 0 aliphatic carbocycles. The second-order valence-electron chi connectivity index (χ2n) is 12.2. The molecule has 0 saturated heterocycles. The van der Waals surface area contributed by atoms with Gasteiger partial charge in [0.25, 0.3) is 10.0 Å². The van der Waals surface area contributed by atoms with E-state index in [9.17, 15) is 18.0 Å². The number of hydrogen-bond donors (Lipinski definition) is 1. The molecule has 9 heteroatoms. The lowest BCUT2D eigenvalue weighted by Gasteiger charge is -2.34. The molecule has 0 radical (unpaired) electrons. The van der Waals surface area contributed by atoms with Crippen LogP contribution in [0.4, 0.5) is 5.69 Å². The van der Waals surface area contributed by atoms with E-state index < -0.39 is 28.5 Å². The predicted molar refractivity (Wildman–Crippen MR) is 198 cm³/mol. The lowest BCUT2D eigenvalue weighted by atomic mass is 10.0. The van der Waals surface area contributed by atoms with E-state index in [0.29, 0.717) is 18.0 Å². The lowest BCUT2D eigenvalue weighted by molar-refractivity contribution is -0.140. The molecule has 1 N–H and O–H groups in total. The van der Waals surface area contributed by atoms with Gasteiger partial charge in [0.1, 0.15) is 24.1 Å². The van der Waals surface area contributed by atoms with Crippen LogP contribution in [0.1, 0.15) is 35.6 Å². The molecule has 0 unspecified atom stereocenters. The molecule has 5 aromatic carbocycles. The largest absolute Gasteiger partial charge is 0.457 e. The molecule has 2 amide bonds. The maximum Gasteiger partial charge on any atom is 0.264 e. The summed E-state index contributed by atoms with van der Waals surface area (Å²) in [5.41, 5.74) is 3.94. The lowest BCUT2D eigenvalue weighted by Crippen LogP contribution is -2.53. The third kappa shape index (κ3) is 9.39. The molecule has 5 aromatic rings. The zero-order valence-electron chi connectivity index (χ0n) is 28.7. The Kier molecular flexibility index (Phi) is 12.1. The van der Waals surface area contributed by atoms with Crippen molar-refractivity contribution in [3.05, 3.63) is 156 Å². The van der Waals surface area contributed by atoms with Crippen LogP contribution in [0.2, 0.25) is 0 Å². The standard InChI is InChI=1S/C41H43N3O5S/c1-4-27-42-41(46)39(28-33-11-7-5-8-12-33)43(29-34-19-15-31(2)16-20-34)40(45)30-44(50(47,48)38-25-17-32(3)18-26-38)35-21-23-37(24-22-35)49-36-13-9-6-10-14-36/h5-26,39H,4,27-30H2,1-3H3,(H,42,46)/t39-/m0/s1. The van der Waals surface area contributed by atoms with Crippen LogP contribution in [0.5, 0.6) is 11.5 Å². The smallest absolute Gasteiger partial charge is 0.264 e. The highest BCUT2D eigenvalue weighted by Gasteiger charge is 2.34. The molecule has 0 aliphatic heterocycles. The number of nitrogens with zero attached hydrogens (tertiary/aromatic N) is 2. The minimum Gasteiger partial charge on any atom is -0.457 e. The van der Waals surface area contributed by atoms with Crippen LogP contribution in [0.25, 0.3) is 0 Å². The summed E-state index contributed by atoms with van der Waals surface area (Å²) in [4.78, 5) is 30.1. The Morgan fingerprint density at radius 3 is 1.86 bits per heavy atom. The highest BCUT2D eigenvalue weighted by Crippen LogP contribution is 2.29. The first kappa shape index (κ1) is 35.9. The van der Waals surface area contributed by atoms with Crippen LogP contribution in [-0.4, -0.2) is 44.3 Å². The van der Waals surface area contributed by atoms with Crippen molar-refractivity contribution >= 4 is 27.5 Å². The zero-order chi connectivity index (χ0) is 35.5. The number of carbonyl (C=O) groups excluding carboxylic acids is 2. The number of para-hydroxylation sites is 1. The maximum absolute atomic E-state index is 14.7. The summed E-state index contributed by atoms with van der Waals surface area (Å²) in [6, 6.07) is 38.7. The van der Waals surface area contributed by atoms with E-state index >= 15 is 0 Å². The predicted octanol–water partition coefficient (Wildman–Crippen LogP) is 7.46. The number of anilines is 1. The Balaban J connectivity index is 1.55. The van der Waals surface area contributed by atoms with Gasteiger partial charge in [0.2, 0.25) is 11.8 Å². The minimum atomic E-state index is -4.22. The molecule has 1 atom stereocenters. The van der Waals surface area contributed by atoms with Gasteiger partial charge in [0.05, 0.1) is 10.6 Å². The normalized spacial score (nSPS) is 11.7. The van der Waals surface area contributed by atoms with E-state index in [2.05, 4.69) is 5.32 Å². The highest BCUT2D eigenvalue weighted by atomic mass is 32.2. The van der Waals surface area contributed by atoms with Crippen molar-refractivity contribution in [2.45, 2.75) is 51.1 Å². The zero-order valence-corrected chi connectivity index (χ0v) is 29.5. The van der Waals surface area contributed by atoms with Gasteiger partial charge in [-0.15, -0.1) is 0 Å². The SMILES string of the molecule is CCCNC(=O)[C@H](Cc1ccccc1)N(Cc1ccc(C)cc1)C(=O)CN(c1ccc(Oc2ccccc2)cc1)S(=O)(=O)c1ccc(C)cc1. The first-order valence-electron chi connectivity index (χ1n) is 16.7. The van der Waals surface area contributed by atoms with Crippen LogP contribution in [0.15, 0.2) is 138 Å². The van der Waals surface area contributed by atoms with Crippen molar-refractivity contribution in [3.8, 4) is 11.5 Å². The topological polar surface area (TPSA) is 96.0 Å². The molecular formula is C41H43N3O5S. The van der Waals surface area contributed by atoms with E-state index in [4.69, 9.17) is 4.74 Å². The number of benzene rings is 5. The fourth-order valence-electron chi connectivity index (χ4n) is 5.48. The molecule has 0 heterocycles. The van der Waals surface area contributed by atoms with Crippen LogP contribution in [-0.2, 0) is 32.6 Å². The van der Waals surface area contributed by atoms with Gasteiger partial charge in [0, 0.05) is 19.5 Å². The van der Waals surface area contributed by atoms with E-state index in [-0.39, 0.29) is 29.5 Å². The molecule has 50 heavy (non-hydrogen) atoms. The van der Waals surface area contributed by atoms with E-state index in [1.807, 2.05) is 106 Å². The Hall–Kier alpha value is -5.41. The fraction of sp³-hybridized carbons (Fsp3) is 0.220. The summed E-state index contributed by atoms with van der Waals surface area (Å²) < 4.78 is 35.8. The van der Waals surface area contributed by atoms with Crippen molar-refractivity contribution < 1.29 is 22.7 Å². The molecular weight excluding hydrogens is 647 g/mol. The van der Waals surface area contributed by atoms with Gasteiger partial charge in [-0.05, 0) is 79.9 Å². The van der Waals surface area contributed by atoms with Crippen molar-refractivity contribution in [1.82, 2.24) is 10.2 Å². The molecule has 0 fully saturated rings. The Bertz CT molecular complexity index is 1950. The summed E-state index contributed by atoms with van der Waals surface area (Å²) >= 11 is 0. The summed E-state index contributed by atoms with van der Waals surface area (Å²) in [6.07, 6.45) is 0.979. The molecule has 0 aliphatic rings. The summed E-state index contributed by atoms with van der Waals surface area (Å²) in [5.74, 6) is 0.331. The number of nitrogens with one attached hydrogen (secondary N) is 1. The Morgan fingerprint density at radius 2 is 1.26 bits per heavy atom. The number of carbonyl (C=O) groups is 2. The highest BCUT2D eigenvalue weighted by molar-refractivity contribution is 7.92. The number of rotatable bonds is 15. The van der Waals surface area contributed by atoms with E-state index in [1.165, 1.54) is 17.0 Å². The number of ether oxygens (including phenoxy) is 1. The number of sulfonamides is 1. The summed E-state index contributed by atoms with van der Waals surface area (Å²) in [6.45, 7) is 5.84. The maximum atomic E-state index is 14.7. The molecule has 8 nitrogen and oxygen atoms in total. The van der Waals surface area contributed by atoms with Crippen molar-refractivity contribution in [3.63, 3.8) is 0 Å². The van der Waals surface area contributed by atoms with Gasteiger partial charge in [-0.3, -0.25) is 13.9 Å². The monoisotopic (exact) mass is 689 g/mol. The van der Waals surface area contributed by atoms with Crippen LogP contribution in [0.3, 0.4) is 0 Å². The van der Waals surface area contributed by atoms with E-state index in [1.54, 1.807) is 36.4 Å². The molecule has 0 saturated carbocycles. The minimum absolute atomic E-state index is 0.0483. The molecule has 0 aromatic heterocycles. The molecule has 0 bridgehead atoms. The van der Waals surface area contributed by atoms with Gasteiger partial charge < -0.3 is 15.0 Å². The number of amides is 2. The average molecular weight is 690 g/mol.